The third-order valence-electron chi connectivity index (χ3n) is 1.96. The van der Waals surface area contributed by atoms with Crippen molar-refractivity contribution in [3.05, 3.63) is 41.0 Å². The van der Waals surface area contributed by atoms with E-state index in [0.717, 1.165) is 17.2 Å². The normalized spacial score (nSPS) is 10.5. The molecule has 4 nitrogen and oxygen atoms in total. The Morgan fingerprint density at radius 1 is 1.40 bits per heavy atom. The van der Waals surface area contributed by atoms with E-state index in [1.165, 1.54) is 6.08 Å². The van der Waals surface area contributed by atoms with Gasteiger partial charge in [0.2, 0.25) is 5.91 Å². The summed E-state index contributed by atoms with van der Waals surface area (Å²) in [7, 11) is 0. The molecule has 78 valence electrons. The minimum Gasteiger partial charge on any atom is -0.478 e. The molecule has 0 radical (unpaired) electrons. The molecule has 1 aromatic carbocycles. The maximum atomic E-state index is 10.8. The summed E-state index contributed by atoms with van der Waals surface area (Å²) >= 11 is 0. The first-order chi connectivity index (χ1) is 7.00. The number of hydrogen-bond donors (Lipinski definition) is 2. The number of carboxylic acids is 1. The zero-order chi connectivity index (χ0) is 11.4. The standard InChI is InChI=1S/C11H11NO3/c1-7-6-9(11(12)15)3-2-8(7)4-5-10(13)14/h2-6H,1H3,(H2,12,15)(H,13,14)/b5-4+. The molecule has 15 heavy (non-hydrogen) atoms. The van der Waals surface area contributed by atoms with Gasteiger partial charge in [-0.3, -0.25) is 4.79 Å². The van der Waals surface area contributed by atoms with Crippen molar-refractivity contribution < 1.29 is 14.7 Å². The Hall–Kier alpha value is -2.10. The molecule has 0 aliphatic heterocycles. The van der Waals surface area contributed by atoms with E-state index in [4.69, 9.17) is 10.8 Å². The van der Waals surface area contributed by atoms with E-state index < -0.39 is 11.9 Å². The van der Waals surface area contributed by atoms with Crippen molar-refractivity contribution >= 4 is 18.0 Å². The fourth-order valence-electron chi connectivity index (χ4n) is 1.18. The molecule has 0 fully saturated rings. The molecular weight excluding hydrogens is 194 g/mol. The van der Waals surface area contributed by atoms with Gasteiger partial charge in [0.1, 0.15) is 0 Å². The Morgan fingerprint density at radius 2 is 2.07 bits per heavy atom. The Morgan fingerprint density at radius 3 is 2.53 bits per heavy atom. The molecule has 0 unspecified atom stereocenters. The SMILES string of the molecule is Cc1cc(C(N)=O)ccc1/C=C/C(=O)O. The molecule has 0 aromatic heterocycles. The van der Waals surface area contributed by atoms with Crippen molar-refractivity contribution in [3.63, 3.8) is 0 Å². The summed E-state index contributed by atoms with van der Waals surface area (Å²) in [5, 5.41) is 8.45. The lowest BCUT2D eigenvalue weighted by molar-refractivity contribution is -0.131. The van der Waals surface area contributed by atoms with Gasteiger partial charge in [0, 0.05) is 11.6 Å². The van der Waals surface area contributed by atoms with E-state index in [-0.39, 0.29) is 0 Å². The topological polar surface area (TPSA) is 80.4 Å². The van der Waals surface area contributed by atoms with Crippen LogP contribution in [0.15, 0.2) is 24.3 Å². The average Bonchev–Trinajstić information content (AvgIpc) is 2.15. The van der Waals surface area contributed by atoms with Gasteiger partial charge in [-0.25, -0.2) is 4.79 Å². The van der Waals surface area contributed by atoms with Gasteiger partial charge in [-0.15, -0.1) is 0 Å². The van der Waals surface area contributed by atoms with Gasteiger partial charge in [0.25, 0.3) is 0 Å². The summed E-state index contributed by atoms with van der Waals surface area (Å²) in [5.74, 6) is -1.50. The smallest absolute Gasteiger partial charge is 0.328 e. The van der Waals surface area contributed by atoms with Crippen LogP contribution in [0.5, 0.6) is 0 Å². The van der Waals surface area contributed by atoms with Crippen molar-refractivity contribution in [1.29, 1.82) is 0 Å². The number of carbonyl (C=O) groups excluding carboxylic acids is 1. The van der Waals surface area contributed by atoms with E-state index in [2.05, 4.69) is 0 Å². The maximum Gasteiger partial charge on any atom is 0.328 e. The summed E-state index contributed by atoms with van der Waals surface area (Å²) in [6, 6.07) is 4.86. The van der Waals surface area contributed by atoms with Crippen LogP contribution in [-0.4, -0.2) is 17.0 Å². The molecule has 0 aliphatic carbocycles. The number of carboxylic acid groups (broad SMARTS) is 1. The number of amides is 1. The minimum atomic E-state index is -1.01. The zero-order valence-corrected chi connectivity index (χ0v) is 8.23. The van der Waals surface area contributed by atoms with Gasteiger partial charge in [-0.05, 0) is 36.3 Å². The zero-order valence-electron chi connectivity index (χ0n) is 8.23. The molecule has 0 saturated carbocycles. The fraction of sp³-hybridized carbons (Fsp3) is 0.0909. The van der Waals surface area contributed by atoms with Crippen LogP contribution in [0.4, 0.5) is 0 Å². The molecule has 0 bridgehead atoms. The first-order valence-electron chi connectivity index (χ1n) is 4.32. The summed E-state index contributed by atoms with van der Waals surface area (Å²) in [4.78, 5) is 21.1. The number of aliphatic carboxylic acids is 1. The quantitative estimate of drug-likeness (QED) is 0.727. The molecule has 0 aliphatic rings. The van der Waals surface area contributed by atoms with Crippen LogP contribution in [0.2, 0.25) is 0 Å². The average molecular weight is 205 g/mol. The number of primary amides is 1. The van der Waals surface area contributed by atoms with E-state index in [1.54, 1.807) is 25.1 Å². The minimum absolute atomic E-state index is 0.417. The van der Waals surface area contributed by atoms with Gasteiger partial charge < -0.3 is 10.8 Å². The lowest BCUT2D eigenvalue weighted by atomic mass is 10.0. The first-order valence-corrected chi connectivity index (χ1v) is 4.32. The number of aryl methyl sites for hydroxylation is 1. The largest absolute Gasteiger partial charge is 0.478 e. The third kappa shape index (κ3) is 2.95. The van der Waals surface area contributed by atoms with Crippen LogP contribution in [0.3, 0.4) is 0 Å². The third-order valence-corrected chi connectivity index (χ3v) is 1.96. The van der Waals surface area contributed by atoms with Crippen LogP contribution in [0.1, 0.15) is 21.5 Å². The first kappa shape index (κ1) is 11.0. The molecule has 1 aromatic rings. The Labute approximate surface area is 87.0 Å². The van der Waals surface area contributed by atoms with Crippen LogP contribution in [0, 0.1) is 6.92 Å². The molecule has 0 spiro atoms. The van der Waals surface area contributed by atoms with Crippen molar-refractivity contribution in [2.24, 2.45) is 5.73 Å². The lowest BCUT2D eigenvalue weighted by Crippen LogP contribution is -2.10. The second kappa shape index (κ2) is 4.41. The molecular formula is C11H11NO3. The van der Waals surface area contributed by atoms with Crippen molar-refractivity contribution in [2.45, 2.75) is 6.92 Å². The van der Waals surface area contributed by atoms with Gasteiger partial charge in [0.15, 0.2) is 0 Å². The number of carbonyl (C=O) groups is 2. The van der Waals surface area contributed by atoms with E-state index in [9.17, 15) is 9.59 Å². The van der Waals surface area contributed by atoms with Crippen LogP contribution in [0.25, 0.3) is 6.08 Å². The molecule has 1 rings (SSSR count). The highest BCUT2D eigenvalue weighted by Crippen LogP contribution is 2.12. The molecule has 4 heteroatoms. The van der Waals surface area contributed by atoms with Gasteiger partial charge >= 0.3 is 5.97 Å². The maximum absolute atomic E-state index is 10.8. The Bertz CT molecular complexity index is 435. The van der Waals surface area contributed by atoms with Crippen LogP contribution in [-0.2, 0) is 4.79 Å². The number of rotatable bonds is 3. The lowest BCUT2D eigenvalue weighted by Gasteiger charge is -2.01. The molecule has 0 heterocycles. The number of nitrogens with two attached hydrogens (primary N) is 1. The van der Waals surface area contributed by atoms with Gasteiger partial charge in [-0.1, -0.05) is 6.07 Å². The van der Waals surface area contributed by atoms with E-state index >= 15 is 0 Å². The van der Waals surface area contributed by atoms with Crippen molar-refractivity contribution in [2.75, 3.05) is 0 Å². The molecule has 0 saturated heterocycles. The Balaban J connectivity index is 3.03. The molecule has 3 N–H and O–H groups in total. The summed E-state index contributed by atoms with van der Waals surface area (Å²) in [6.45, 7) is 1.79. The van der Waals surface area contributed by atoms with Crippen LogP contribution >= 0.6 is 0 Å². The van der Waals surface area contributed by atoms with E-state index in [1.807, 2.05) is 0 Å². The number of benzene rings is 1. The second-order valence-corrected chi connectivity index (χ2v) is 3.11. The van der Waals surface area contributed by atoms with Crippen molar-refractivity contribution in [3.8, 4) is 0 Å². The van der Waals surface area contributed by atoms with Crippen LogP contribution < -0.4 is 5.73 Å². The van der Waals surface area contributed by atoms with Gasteiger partial charge in [-0.2, -0.15) is 0 Å². The highest BCUT2D eigenvalue weighted by molar-refractivity contribution is 5.93. The van der Waals surface area contributed by atoms with E-state index in [0.29, 0.717) is 5.56 Å². The second-order valence-electron chi connectivity index (χ2n) is 3.11. The summed E-state index contributed by atoms with van der Waals surface area (Å²) in [5.41, 5.74) is 7.08. The van der Waals surface area contributed by atoms with Crippen molar-refractivity contribution in [1.82, 2.24) is 0 Å². The number of hydrogen-bond acceptors (Lipinski definition) is 2. The fourth-order valence-corrected chi connectivity index (χ4v) is 1.18. The molecule has 1 amide bonds. The summed E-state index contributed by atoms with van der Waals surface area (Å²) < 4.78 is 0. The monoisotopic (exact) mass is 205 g/mol. The summed E-state index contributed by atoms with van der Waals surface area (Å²) in [6.07, 6.45) is 2.52. The highest BCUT2D eigenvalue weighted by Gasteiger charge is 2.02. The Kier molecular flexibility index (Phi) is 3.23. The van der Waals surface area contributed by atoms with Gasteiger partial charge in [0.05, 0.1) is 0 Å². The predicted molar refractivity (Wildman–Crippen MR) is 56.4 cm³/mol. The predicted octanol–water partition coefficient (Wildman–Crippen LogP) is 1.19. The molecule has 0 atom stereocenters. The highest BCUT2D eigenvalue weighted by atomic mass is 16.4.